The van der Waals surface area contributed by atoms with Crippen molar-refractivity contribution in [2.24, 2.45) is 0 Å². The fourth-order valence-corrected chi connectivity index (χ4v) is 7.48. The number of allylic oxidation sites excluding steroid dienone is 4. The van der Waals surface area contributed by atoms with Gasteiger partial charge in [0.1, 0.15) is 0 Å². The lowest BCUT2D eigenvalue weighted by Crippen LogP contribution is -1.94. The number of nitrogens with zero attached hydrogens (tertiary/aromatic N) is 3. The van der Waals surface area contributed by atoms with Gasteiger partial charge in [0.15, 0.2) is 0 Å². The summed E-state index contributed by atoms with van der Waals surface area (Å²) in [6, 6.07) is 60.1. The molecule has 264 valence electrons. The number of hydrogen-bond acceptors (Lipinski definition) is 3. The topological polar surface area (TPSA) is 43.9 Å². The van der Waals surface area contributed by atoms with Gasteiger partial charge in [-0.25, -0.2) is 0 Å². The third-order valence-corrected chi connectivity index (χ3v) is 10.2. The molecule has 9 rings (SSSR count). The van der Waals surface area contributed by atoms with Gasteiger partial charge in [0.2, 0.25) is 11.8 Å². The minimum atomic E-state index is 0.501. The highest BCUT2D eigenvalue weighted by atomic mass is 16.4. The van der Waals surface area contributed by atoms with E-state index in [0.717, 1.165) is 40.8 Å². The van der Waals surface area contributed by atoms with Crippen LogP contribution in [0.15, 0.2) is 199 Å². The number of hydrogen-bond donors (Lipinski definition) is 0. The first-order chi connectivity index (χ1) is 27.2. The average molecular weight is 710 g/mol. The molecule has 0 radical (unpaired) electrons. The highest BCUT2D eigenvalue weighted by Gasteiger charge is 2.16. The van der Waals surface area contributed by atoms with Gasteiger partial charge in [-0.05, 0) is 106 Å². The van der Waals surface area contributed by atoms with Crippen molar-refractivity contribution in [2.45, 2.75) is 19.8 Å². The summed E-state index contributed by atoms with van der Waals surface area (Å²) < 4.78 is 8.42. The minimum Gasteiger partial charge on any atom is -0.416 e. The molecule has 0 aliphatic carbocycles. The highest BCUT2D eigenvalue weighted by Crippen LogP contribution is 2.40. The maximum atomic E-state index is 6.03. The van der Waals surface area contributed by atoms with Crippen LogP contribution >= 0.6 is 0 Å². The van der Waals surface area contributed by atoms with Crippen molar-refractivity contribution in [3.63, 3.8) is 0 Å². The van der Waals surface area contributed by atoms with Crippen LogP contribution in [0, 0.1) is 0 Å². The van der Waals surface area contributed by atoms with E-state index in [1.165, 1.54) is 49.6 Å². The molecule has 4 nitrogen and oxygen atoms in total. The van der Waals surface area contributed by atoms with E-state index in [9.17, 15) is 0 Å². The number of para-hydroxylation sites is 1. The molecule has 0 N–H and O–H groups in total. The Kier molecular flexibility index (Phi) is 9.29. The van der Waals surface area contributed by atoms with E-state index in [0.29, 0.717) is 11.8 Å². The number of benzene rings is 7. The monoisotopic (exact) mass is 709 g/mol. The smallest absolute Gasteiger partial charge is 0.248 e. The van der Waals surface area contributed by atoms with Crippen molar-refractivity contribution >= 4 is 21.8 Å². The molecule has 0 saturated heterocycles. The van der Waals surface area contributed by atoms with Crippen molar-refractivity contribution in [3.8, 4) is 62.0 Å². The SMILES string of the molecule is CCC=CC=CCc1ccc2c(c1)c1ccccc1n2-c1ccc(-c2ccccc2-c2ccccc2-c2ccc(-c3nnc(-c4ccccc4)o3)cc2)cc1. The molecule has 0 fully saturated rings. The van der Waals surface area contributed by atoms with Crippen molar-refractivity contribution < 1.29 is 4.42 Å². The predicted molar refractivity (Wildman–Crippen MR) is 228 cm³/mol. The molecule has 2 heterocycles. The van der Waals surface area contributed by atoms with Crippen LogP contribution in [0.3, 0.4) is 0 Å². The Morgan fingerprint density at radius 3 is 1.67 bits per heavy atom. The third kappa shape index (κ3) is 6.71. The molecule has 0 bridgehead atoms. The van der Waals surface area contributed by atoms with Gasteiger partial charge in [0.05, 0.1) is 11.0 Å². The first kappa shape index (κ1) is 33.8. The van der Waals surface area contributed by atoms with Crippen LogP contribution in [0.1, 0.15) is 18.9 Å². The van der Waals surface area contributed by atoms with Gasteiger partial charge >= 0.3 is 0 Å². The summed E-state index contributed by atoms with van der Waals surface area (Å²) in [5.41, 5.74) is 13.6. The Labute approximate surface area is 321 Å². The molecular formula is C51H39N3O. The van der Waals surface area contributed by atoms with Crippen LogP contribution in [-0.2, 0) is 6.42 Å². The fraction of sp³-hybridized carbons (Fsp3) is 0.0588. The first-order valence-electron chi connectivity index (χ1n) is 18.9. The predicted octanol–water partition coefficient (Wildman–Crippen LogP) is 13.6. The lowest BCUT2D eigenvalue weighted by molar-refractivity contribution is 0.584. The summed E-state index contributed by atoms with van der Waals surface area (Å²) in [5.74, 6) is 1.01. The van der Waals surface area contributed by atoms with E-state index in [-0.39, 0.29) is 0 Å². The largest absolute Gasteiger partial charge is 0.416 e. The quantitative estimate of drug-likeness (QED) is 0.133. The number of aromatic nitrogens is 3. The molecule has 0 aliphatic rings. The summed E-state index contributed by atoms with van der Waals surface area (Å²) in [4.78, 5) is 0. The average Bonchev–Trinajstić information content (AvgIpc) is 3.88. The van der Waals surface area contributed by atoms with E-state index in [2.05, 4.69) is 186 Å². The molecular weight excluding hydrogens is 671 g/mol. The molecule has 55 heavy (non-hydrogen) atoms. The van der Waals surface area contributed by atoms with E-state index in [1.807, 2.05) is 30.3 Å². The summed E-state index contributed by atoms with van der Waals surface area (Å²) in [6.07, 6.45) is 10.6. The first-order valence-corrected chi connectivity index (χ1v) is 18.9. The zero-order chi connectivity index (χ0) is 37.0. The van der Waals surface area contributed by atoms with Gasteiger partial charge in [0, 0.05) is 27.6 Å². The Bertz CT molecular complexity index is 2800. The van der Waals surface area contributed by atoms with E-state index >= 15 is 0 Å². The van der Waals surface area contributed by atoms with Gasteiger partial charge in [-0.15, -0.1) is 10.2 Å². The van der Waals surface area contributed by atoms with Crippen molar-refractivity contribution in [1.82, 2.24) is 14.8 Å². The lowest BCUT2D eigenvalue weighted by atomic mass is 9.89. The maximum Gasteiger partial charge on any atom is 0.248 e. The zero-order valence-electron chi connectivity index (χ0n) is 30.6. The van der Waals surface area contributed by atoms with Crippen LogP contribution < -0.4 is 0 Å². The van der Waals surface area contributed by atoms with Gasteiger partial charge in [-0.1, -0.05) is 146 Å². The maximum absolute atomic E-state index is 6.03. The Balaban J connectivity index is 1.03. The van der Waals surface area contributed by atoms with Crippen LogP contribution in [0.5, 0.6) is 0 Å². The molecule has 9 aromatic rings. The van der Waals surface area contributed by atoms with E-state index in [4.69, 9.17) is 4.42 Å². The van der Waals surface area contributed by atoms with Gasteiger partial charge in [0.25, 0.3) is 0 Å². The molecule has 7 aromatic carbocycles. The Hall–Kier alpha value is -7.04. The Morgan fingerprint density at radius 1 is 0.473 bits per heavy atom. The molecule has 0 amide bonds. The van der Waals surface area contributed by atoms with Crippen LogP contribution in [0.25, 0.3) is 83.8 Å². The van der Waals surface area contributed by atoms with Crippen LogP contribution in [0.4, 0.5) is 0 Å². The number of rotatable bonds is 10. The third-order valence-electron chi connectivity index (χ3n) is 10.2. The molecule has 2 aromatic heterocycles. The summed E-state index contributed by atoms with van der Waals surface area (Å²) in [6.45, 7) is 2.16. The van der Waals surface area contributed by atoms with Gasteiger partial charge in [-0.2, -0.15) is 0 Å². The lowest BCUT2D eigenvalue weighted by Gasteiger charge is -2.15. The Morgan fingerprint density at radius 2 is 1.00 bits per heavy atom. The second kappa shape index (κ2) is 15.1. The summed E-state index contributed by atoms with van der Waals surface area (Å²) >= 11 is 0. The molecule has 4 heteroatoms. The van der Waals surface area contributed by atoms with Crippen molar-refractivity contribution in [1.29, 1.82) is 0 Å². The van der Waals surface area contributed by atoms with Crippen LogP contribution in [-0.4, -0.2) is 14.8 Å². The normalized spacial score (nSPS) is 11.7. The van der Waals surface area contributed by atoms with E-state index in [1.54, 1.807) is 0 Å². The van der Waals surface area contributed by atoms with Crippen molar-refractivity contribution in [3.05, 3.63) is 200 Å². The molecule has 0 spiro atoms. The zero-order valence-corrected chi connectivity index (χ0v) is 30.6. The van der Waals surface area contributed by atoms with Crippen LogP contribution in [0.2, 0.25) is 0 Å². The summed E-state index contributed by atoms with van der Waals surface area (Å²) in [7, 11) is 0. The van der Waals surface area contributed by atoms with Gasteiger partial charge < -0.3 is 8.98 Å². The van der Waals surface area contributed by atoms with Crippen molar-refractivity contribution in [2.75, 3.05) is 0 Å². The second-order valence-electron chi connectivity index (χ2n) is 13.7. The highest BCUT2D eigenvalue weighted by molar-refractivity contribution is 6.09. The molecule has 0 unspecified atom stereocenters. The number of fused-ring (bicyclic) bond motifs is 3. The fourth-order valence-electron chi connectivity index (χ4n) is 7.48. The molecule has 0 saturated carbocycles. The standard InChI is InChI=1S/C51H39N3O/c1-2-3-4-5-7-16-36-25-34-49-47(35-36)46-23-14-15-24-48(46)54(49)41-32-30-38(31-33-41)43-20-11-13-22-45(43)44-21-12-10-19-42(44)37-26-28-40(29-27-37)51-53-52-50(55-51)39-17-8-6-9-18-39/h3-15,17-35H,2,16H2,1H3. The van der Waals surface area contributed by atoms with E-state index < -0.39 is 0 Å². The molecule has 0 aliphatic heterocycles. The summed E-state index contributed by atoms with van der Waals surface area (Å²) in [5, 5.41) is 11.1. The minimum absolute atomic E-state index is 0.501. The second-order valence-corrected chi connectivity index (χ2v) is 13.7. The molecule has 0 atom stereocenters. The van der Waals surface area contributed by atoms with Gasteiger partial charge in [-0.3, -0.25) is 0 Å².